The van der Waals surface area contributed by atoms with E-state index in [1.807, 2.05) is 56.3 Å². The second-order valence-corrected chi connectivity index (χ2v) is 4.32. The highest BCUT2D eigenvalue weighted by molar-refractivity contribution is 5.49. The lowest BCUT2D eigenvalue weighted by Crippen LogP contribution is -2.00. The number of nitrogen functional groups attached to an aromatic ring is 1. The summed E-state index contributed by atoms with van der Waals surface area (Å²) in [7, 11) is 0. The molecule has 0 atom stereocenters. The highest BCUT2D eigenvalue weighted by Gasteiger charge is 2.02. The molecule has 0 aliphatic rings. The summed E-state index contributed by atoms with van der Waals surface area (Å²) >= 11 is 0. The summed E-state index contributed by atoms with van der Waals surface area (Å²) in [5, 5.41) is 0. The van der Waals surface area contributed by atoms with Crippen molar-refractivity contribution >= 4 is 5.69 Å². The van der Waals surface area contributed by atoms with E-state index < -0.39 is 0 Å². The Morgan fingerprint density at radius 2 is 1.58 bits per heavy atom. The van der Waals surface area contributed by atoms with E-state index in [1.54, 1.807) is 0 Å². The van der Waals surface area contributed by atoms with Crippen molar-refractivity contribution in [3.05, 3.63) is 53.6 Å². The van der Waals surface area contributed by atoms with Gasteiger partial charge in [-0.15, -0.1) is 0 Å². The van der Waals surface area contributed by atoms with Crippen LogP contribution in [0, 0.1) is 6.92 Å². The first-order chi connectivity index (χ1) is 9.20. The lowest BCUT2D eigenvalue weighted by molar-refractivity contribution is 0.303. The second-order valence-electron chi connectivity index (χ2n) is 4.32. The standard InChI is InChI=1S/C16H19NO2/c1-3-18-14-7-9-15(10-8-14)19-11-13-5-4-6-16(17)12(13)2/h4-10H,3,11,17H2,1-2H3. The van der Waals surface area contributed by atoms with Crippen LogP contribution in [0.3, 0.4) is 0 Å². The lowest BCUT2D eigenvalue weighted by atomic mass is 10.1. The number of hydrogen-bond acceptors (Lipinski definition) is 3. The Balaban J connectivity index is 2.00. The highest BCUT2D eigenvalue weighted by atomic mass is 16.5. The van der Waals surface area contributed by atoms with Crippen LogP contribution < -0.4 is 15.2 Å². The molecule has 2 aromatic rings. The lowest BCUT2D eigenvalue weighted by Gasteiger charge is -2.11. The Kier molecular flexibility index (Phi) is 4.29. The third-order valence-electron chi connectivity index (χ3n) is 3.02. The molecule has 0 aromatic heterocycles. The van der Waals surface area contributed by atoms with Crippen LogP contribution in [0.15, 0.2) is 42.5 Å². The molecule has 0 saturated carbocycles. The van der Waals surface area contributed by atoms with E-state index in [-0.39, 0.29) is 0 Å². The molecule has 0 aliphatic carbocycles. The number of nitrogens with two attached hydrogens (primary N) is 1. The molecule has 0 radical (unpaired) electrons. The Bertz CT molecular complexity index is 535. The minimum atomic E-state index is 0.519. The molecule has 0 heterocycles. The Morgan fingerprint density at radius 3 is 2.21 bits per heavy atom. The van der Waals surface area contributed by atoms with Crippen LogP contribution in [-0.2, 0) is 6.61 Å². The maximum Gasteiger partial charge on any atom is 0.120 e. The predicted octanol–water partition coefficient (Wildman–Crippen LogP) is 3.55. The van der Waals surface area contributed by atoms with E-state index in [4.69, 9.17) is 15.2 Å². The van der Waals surface area contributed by atoms with Crippen molar-refractivity contribution in [2.24, 2.45) is 0 Å². The fraction of sp³-hybridized carbons (Fsp3) is 0.250. The third kappa shape index (κ3) is 3.41. The zero-order chi connectivity index (χ0) is 13.7. The van der Waals surface area contributed by atoms with Crippen LogP contribution >= 0.6 is 0 Å². The minimum absolute atomic E-state index is 0.519. The number of benzene rings is 2. The number of hydrogen-bond donors (Lipinski definition) is 1. The molecule has 3 heteroatoms. The number of rotatable bonds is 5. The van der Waals surface area contributed by atoms with Gasteiger partial charge in [-0.05, 0) is 55.3 Å². The summed E-state index contributed by atoms with van der Waals surface area (Å²) in [5.74, 6) is 1.68. The van der Waals surface area contributed by atoms with E-state index in [0.29, 0.717) is 13.2 Å². The van der Waals surface area contributed by atoms with E-state index in [0.717, 1.165) is 28.3 Å². The van der Waals surface area contributed by atoms with Crippen molar-refractivity contribution in [2.45, 2.75) is 20.5 Å². The van der Waals surface area contributed by atoms with Crippen molar-refractivity contribution in [1.82, 2.24) is 0 Å². The van der Waals surface area contributed by atoms with Crippen LogP contribution in [0.5, 0.6) is 11.5 Å². The molecule has 100 valence electrons. The van der Waals surface area contributed by atoms with Crippen molar-refractivity contribution in [2.75, 3.05) is 12.3 Å². The highest BCUT2D eigenvalue weighted by Crippen LogP contribution is 2.21. The van der Waals surface area contributed by atoms with Crippen LogP contribution in [0.2, 0.25) is 0 Å². The summed E-state index contributed by atoms with van der Waals surface area (Å²) in [6.07, 6.45) is 0. The van der Waals surface area contributed by atoms with Gasteiger partial charge < -0.3 is 15.2 Å². The summed E-state index contributed by atoms with van der Waals surface area (Å²) in [4.78, 5) is 0. The normalized spacial score (nSPS) is 10.2. The van der Waals surface area contributed by atoms with Crippen LogP contribution in [-0.4, -0.2) is 6.61 Å². The smallest absolute Gasteiger partial charge is 0.120 e. The van der Waals surface area contributed by atoms with Crippen molar-refractivity contribution in [3.63, 3.8) is 0 Å². The molecule has 19 heavy (non-hydrogen) atoms. The first kappa shape index (κ1) is 13.3. The zero-order valence-electron chi connectivity index (χ0n) is 11.3. The van der Waals surface area contributed by atoms with Gasteiger partial charge in [0.2, 0.25) is 0 Å². The zero-order valence-corrected chi connectivity index (χ0v) is 11.3. The predicted molar refractivity (Wildman–Crippen MR) is 77.5 cm³/mol. The molecule has 2 aromatic carbocycles. The number of ether oxygens (including phenoxy) is 2. The first-order valence-corrected chi connectivity index (χ1v) is 6.40. The molecule has 0 unspecified atom stereocenters. The topological polar surface area (TPSA) is 44.5 Å². The molecular weight excluding hydrogens is 238 g/mol. The van der Waals surface area contributed by atoms with Gasteiger partial charge in [-0.2, -0.15) is 0 Å². The molecule has 0 fully saturated rings. The van der Waals surface area contributed by atoms with E-state index in [2.05, 4.69) is 0 Å². The summed E-state index contributed by atoms with van der Waals surface area (Å²) in [6, 6.07) is 13.5. The fourth-order valence-electron chi connectivity index (χ4n) is 1.82. The molecule has 0 spiro atoms. The molecule has 0 aliphatic heterocycles. The van der Waals surface area contributed by atoms with Gasteiger partial charge >= 0.3 is 0 Å². The fourth-order valence-corrected chi connectivity index (χ4v) is 1.82. The maximum atomic E-state index is 5.87. The second kappa shape index (κ2) is 6.14. The SMILES string of the molecule is CCOc1ccc(OCc2cccc(N)c2C)cc1. The molecule has 0 saturated heterocycles. The molecule has 0 bridgehead atoms. The Hall–Kier alpha value is -2.16. The Morgan fingerprint density at radius 1 is 0.947 bits per heavy atom. The molecule has 3 nitrogen and oxygen atoms in total. The van der Waals surface area contributed by atoms with Gasteiger partial charge in [-0.25, -0.2) is 0 Å². The largest absolute Gasteiger partial charge is 0.494 e. The van der Waals surface area contributed by atoms with E-state index >= 15 is 0 Å². The van der Waals surface area contributed by atoms with Crippen LogP contribution in [0.4, 0.5) is 5.69 Å². The quantitative estimate of drug-likeness (QED) is 0.833. The summed E-state index contributed by atoms with van der Waals surface area (Å²) in [5.41, 5.74) is 8.85. The monoisotopic (exact) mass is 257 g/mol. The van der Waals surface area contributed by atoms with Gasteiger partial charge in [-0.1, -0.05) is 12.1 Å². The van der Waals surface area contributed by atoms with Gasteiger partial charge in [-0.3, -0.25) is 0 Å². The average Bonchev–Trinajstić information content (AvgIpc) is 2.42. The van der Waals surface area contributed by atoms with Gasteiger partial charge in [0.25, 0.3) is 0 Å². The van der Waals surface area contributed by atoms with E-state index in [9.17, 15) is 0 Å². The van der Waals surface area contributed by atoms with Gasteiger partial charge in [0.1, 0.15) is 18.1 Å². The van der Waals surface area contributed by atoms with Crippen LogP contribution in [0.25, 0.3) is 0 Å². The first-order valence-electron chi connectivity index (χ1n) is 6.40. The summed E-state index contributed by atoms with van der Waals surface area (Å²) in [6.45, 7) is 5.16. The average molecular weight is 257 g/mol. The molecule has 2 N–H and O–H groups in total. The molecule has 2 rings (SSSR count). The van der Waals surface area contributed by atoms with Crippen molar-refractivity contribution < 1.29 is 9.47 Å². The molecule has 0 amide bonds. The minimum Gasteiger partial charge on any atom is -0.494 e. The summed E-state index contributed by atoms with van der Waals surface area (Å²) < 4.78 is 11.1. The number of anilines is 1. The van der Waals surface area contributed by atoms with Crippen molar-refractivity contribution in [1.29, 1.82) is 0 Å². The van der Waals surface area contributed by atoms with Crippen molar-refractivity contribution in [3.8, 4) is 11.5 Å². The Labute approximate surface area is 114 Å². The maximum absolute atomic E-state index is 5.87. The molecular formula is C16H19NO2. The van der Waals surface area contributed by atoms with Crippen LogP contribution in [0.1, 0.15) is 18.1 Å². The third-order valence-corrected chi connectivity index (χ3v) is 3.02. The van der Waals surface area contributed by atoms with Gasteiger partial charge in [0.05, 0.1) is 6.61 Å². The van der Waals surface area contributed by atoms with E-state index in [1.165, 1.54) is 0 Å². The van der Waals surface area contributed by atoms with Gasteiger partial charge in [0, 0.05) is 5.69 Å². The van der Waals surface area contributed by atoms with Gasteiger partial charge in [0.15, 0.2) is 0 Å².